The van der Waals surface area contributed by atoms with Crippen LogP contribution < -0.4 is 10.2 Å². The first-order valence-corrected chi connectivity index (χ1v) is 20.9. The van der Waals surface area contributed by atoms with Gasteiger partial charge < -0.3 is 9.64 Å². The zero-order valence-corrected chi connectivity index (χ0v) is 35.4. The van der Waals surface area contributed by atoms with Crippen LogP contribution in [0, 0.1) is 17.2 Å². The average molecular weight is 880 g/mol. The Morgan fingerprint density at radius 3 is 2.34 bits per heavy atom. The van der Waals surface area contributed by atoms with Crippen LogP contribution in [0.4, 0.5) is 32.0 Å². The number of halogens is 6. The second kappa shape index (κ2) is 19.7. The number of ether oxygens (including phenoxy) is 1. The van der Waals surface area contributed by atoms with E-state index in [1.165, 1.54) is 11.0 Å². The van der Waals surface area contributed by atoms with Crippen molar-refractivity contribution < 1.29 is 50.3 Å². The molecule has 2 aromatic rings. The maximum Gasteiger partial charge on any atom is 0.419 e. The summed E-state index contributed by atoms with van der Waals surface area (Å²) in [5.41, 5.74) is -2.02. The predicted octanol–water partition coefficient (Wildman–Crippen LogP) is 5.99. The molecule has 3 aliphatic heterocycles. The molecule has 1 aliphatic carbocycles. The number of thiocarbonyl (C=S) groups is 1. The Hall–Kier alpha value is -4.51. The fraction of sp³-hybridized carbons (Fsp3) is 0.595. The lowest BCUT2D eigenvalue weighted by atomic mass is 9.89. The molecule has 1 saturated carbocycles. The fourth-order valence-electron chi connectivity index (χ4n) is 8.52. The molecule has 1 N–H and O–H groups in total. The number of Topliss-reactive ketones (excluding diaryl/α,β-unsaturated/α-hetero) is 1. The van der Waals surface area contributed by atoms with Crippen LogP contribution in [0.2, 0.25) is 0 Å². The third kappa shape index (κ3) is 11.3. The Balaban J connectivity index is 0.00000347. The number of hydrogen-bond acceptors (Lipinski definition) is 10. The average Bonchev–Trinajstić information content (AvgIpc) is 3.38. The molecule has 1 aromatic carbocycles. The number of piperidine rings is 1. The molecular formula is C42H51F6N7O5S. The number of benzene rings is 1. The number of anilines is 1. The van der Waals surface area contributed by atoms with Crippen LogP contribution in [0.25, 0.3) is 0 Å². The molecule has 4 heterocycles. The minimum absolute atomic E-state index is 0.0281. The summed E-state index contributed by atoms with van der Waals surface area (Å²) >= 11 is 5.65. The number of nitrogens with one attached hydrogen (secondary N) is 1. The predicted molar refractivity (Wildman–Crippen MR) is 216 cm³/mol. The first kappa shape index (κ1) is 47.5. The summed E-state index contributed by atoms with van der Waals surface area (Å²) in [6.07, 6.45) is -5.41. The highest BCUT2D eigenvalue weighted by atomic mass is 32.1. The van der Waals surface area contributed by atoms with Crippen molar-refractivity contribution in [3.8, 4) is 6.07 Å². The van der Waals surface area contributed by atoms with Gasteiger partial charge >= 0.3 is 12.4 Å². The summed E-state index contributed by atoms with van der Waals surface area (Å²) in [4.78, 5) is 59.6. The van der Waals surface area contributed by atoms with Crippen molar-refractivity contribution in [2.24, 2.45) is 5.92 Å². The molecule has 4 aliphatic rings. The first-order chi connectivity index (χ1) is 28.8. The van der Waals surface area contributed by atoms with Crippen molar-refractivity contribution in [3.63, 3.8) is 0 Å². The van der Waals surface area contributed by atoms with Crippen LogP contribution in [-0.2, 0) is 42.9 Å². The summed E-state index contributed by atoms with van der Waals surface area (Å²) in [5, 5.41) is 11.5. The lowest BCUT2D eigenvalue weighted by Gasteiger charge is -2.42. The minimum Gasteiger partial charge on any atom is -0.377 e. The van der Waals surface area contributed by atoms with E-state index in [4.69, 9.17) is 22.2 Å². The van der Waals surface area contributed by atoms with E-state index < -0.39 is 41.1 Å². The zero-order valence-electron chi connectivity index (χ0n) is 34.6. The number of aromatic nitrogens is 1. The summed E-state index contributed by atoms with van der Waals surface area (Å²) in [5.74, 6) is -1.91. The number of nitriles is 1. The third-order valence-electron chi connectivity index (χ3n) is 11.6. The van der Waals surface area contributed by atoms with E-state index in [1.54, 1.807) is 41.8 Å². The van der Waals surface area contributed by atoms with Crippen LogP contribution in [0.3, 0.4) is 0 Å². The number of alkyl halides is 6. The number of carbonyl (C=O) groups excluding carboxylic acids is 4. The Kier molecular flexibility index (Phi) is 15.3. The molecule has 19 heteroatoms. The van der Waals surface area contributed by atoms with Gasteiger partial charge in [-0.05, 0) is 81.8 Å². The van der Waals surface area contributed by atoms with Crippen molar-refractivity contribution in [1.82, 2.24) is 25.0 Å². The van der Waals surface area contributed by atoms with Gasteiger partial charge in [0.1, 0.15) is 17.6 Å². The molecule has 0 radical (unpaired) electrons. The van der Waals surface area contributed by atoms with Crippen LogP contribution >= 0.6 is 12.2 Å². The van der Waals surface area contributed by atoms with E-state index in [0.717, 1.165) is 16.7 Å². The number of piperazine rings is 1. The number of hydrogen-bond donors (Lipinski definition) is 1. The summed E-state index contributed by atoms with van der Waals surface area (Å²) in [7, 11) is 0. The maximum absolute atomic E-state index is 14.3. The Labute approximate surface area is 356 Å². The zero-order chi connectivity index (χ0) is 44.9. The third-order valence-corrected chi connectivity index (χ3v) is 12.0. The van der Waals surface area contributed by atoms with Crippen molar-refractivity contribution in [2.75, 3.05) is 44.2 Å². The normalized spacial score (nSPS) is 24.0. The van der Waals surface area contributed by atoms with E-state index in [2.05, 4.69) is 10.3 Å². The lowest BCUT2D eigenvalue weighted by Crippen LogP contribution is -2.60. The smallest absolute Gasteiger partial charge is 0.377 e. The molecule has 3 amide bonds. The number of pyridine rings is 1. The number of nitrogens with zero attached hydrogens (tertiary/aromatic N) is 6. The highest BCUT2D eigenvalue weighted by molar-refractivity contribution is 7.80. The molecule has 0 bridgehead atoms. The number of imide groups is 1. The summed E-state index contributed by atoms with van der Waals surface area (Å²) < 4.78 is 90.1. The van der Waals surface area contributed by atoms with Gasteiger partial charge in [-0.2, -0.15) is 31.6 Å². The van der Waals surface area contributed by atoms with Crippen LogP contribution in [0.15, 0.2) is 36.5 Å². The number of carbonyl (C=O) groups is 4. The van der Waals surface area contributed by atoms with Crippen molar-refractivity contribution in [2.45, 2.75) is 115 Å². The van der Waals surface area contributed by atoms with Crippen LogP contribution in [-0.4, -0.2) is 118 Å². The second-order valence-electron chi connectivity index (χ2n) is 16.1. The highest BCUT2D eigenvalue weighted by Crippen LogP contribution is 2.40. The highest BCUT2D eigenvalue weighted by Gasteiger charge is 2.53. The van der Waals surface area contributed by atoms with Gasteiger partial charge in [0.25, 0.3) is 5.91 Å². The molecule has 332 valence electrons. The molecule has 4 fully saturated rings. The molecule has 2 atom stereocenters. The standard InChI is InChI=1S/C40H45F6N7O5S.C2H6/c1-38(2)36(57)52(28-19-31(39(41,42)43)32(20-47)48-21-28)37(59)53(38)27-7-9-30(10-8-27)58-15-14-50-12-13-51(33(23-50)40(44,45)46)22-29(54)18-25-5-3-4-24(16-25)17-26-6-11-34(55)49-35(26)56;1-2/h3-5,16,19,21,26-27,30,33H,6-15,17-18,22-23H2,1-2H3,(H,49,55,56);1-2H3/t26?,27?,30?,33-;/m1./s1. The summed E-state index contributed by atoms with van der Waals surface area (Å²) in [6, 6.07) is 7.11. The van der Waals surface area contributed by atoms with E-state index in [9.17, 15) is 45.5 Å². The number of ketones is 1. The Bertz CT molecular complexity index is 2000. The molecule has 1 unspecified atom stereocenters. The molecule has 12 nitrogen and oxygen atoms in total. The second-order valence-corrected chi connectivity index (χ2v) is 16.4. The topological polar surface area (TPSA) is 139 Å². The Morgan fingerprint density at radius 2 is 1.70 bits per heavy atom. The van der Waals surface area contributed by atoms with E-state index >= 15 is 0 Å². The van der Waals surface area contributed by atoms with Gasteiger partial charge in [-0.15, -0.1) is 0 Å². The molecule has 0 spiro atoms. The fourth-order valence-corrected chi connectivity index (χ4v) is 9.09. The van der Waals surface area contributed by atoms with Gasteiger partial charge in [0, 0.05) is 51.0 Å². The van der Waals surface area contributed by atoms with Gasteiger partial charge in [-0.3, -0.25) is 39.2 Å². The minimum atomic E-state index is -4.87. The van der Waals surface area contributed by atoms with Gasteiger partial charge in [-0.1, -0.05) is 38.1 Å². The number of amides is 3. The van der Waals surface area contributed by atoms with Crippen molar-refractivity contribution >= 4 is 46.5 Å². The largest absolute Gasteiger partial charge is 0.419 e. The molecule has 61 heavy (non-hydrogen) atoms. The number of rotatable bonds is 12. The SMILES string of the molecule is CC.CC1(C)C(=O)N(c2cnc(C#N)c(C(F)(F)F)c2)C(=S)N1C1CCC(OCCN2CCN(CC(=O)Cc3cccc(CC4CCC(=O)NC4=O)c3)[C@@H](C(F)(F)F)C2)CC1. The monoisotopic (exact) mass is 879 g/mol. The molecular weight excluding hydrogens is 829 g/mol. The quantitative estimate of drug-likeness (QED) is 0.153. The van der Waals surface area contributed by atoms with Gasteiger partial charge in [-0.25, -0.2) is 4.98 Å². The molecule has 3 saturated heterocycles. The first-order valence-electron chi connectivity index (χ1n) is 20.5. The molecule has 6 rings (SSSR count). The summed E-state index contributed by atoms with van der Waals surface area (Å²) in [6.45, 7) is 7.37. The maximum atomic E-state index is 14.3. The van der Waals surface area contributed by atoms with E-state index in [0.29, 0.717) is 56.7 Å². The lowest BCUT2D eigenvalue weighted by molar-refractivity contribution is -0.197. The van der Waals surface area contributed by atoms with Gasteiger partial charge in [0.2, 0.25) is 11.8 Å². The Morgan fingerprint density at radius 1 is 1.02 bits per heavy atom. The van der Waals surface area contributed by atoms with Crippen molar-refractivity contribution in [1.29, 1.82) is 5.26 Å². The van der Waals surface area contributed by atoms with Crippen LogP contribution in [0.1, 0.15) is 88.6 Å². The van der Waals surface area contributed by atoms with Gasteiger partial charge in [0.15, 0.2) is 16.6 Å². The van der Waals surface area contributed by atoms with E-state index in [-0.39, 0.29) is 92.1 Å². The van der Waals surface area contributed by atoms with Crippen LogP contribution in [0.5, 0.6) is 0 Å². The van der Waals surface area contributed by atoms with Gasteiger partial charge in [0.05, 0.1) is 36.7 Å². The molecule has 1 aromatic heterocycles. The van der Waals surface area contributed by atoms with E-state index in [1.807, 2.05) is 19.9 Å². The van der Waals surface area contributed by atoms with Crippen molar-refractivity contribution in [3.05, 3.63) is 58.9 Å².